The summed E-state index contributed by atoms with van der Waals surface area (Å²) in [5, 5.41) is 16.1. The Morgan fingerprint density at radius 3 is 2.86 bits per heavy atom. The number of nitrogens with zero attached hydrogens (tertiary/aromatic N) is 2. The van der Waals surface area contributed by atoms with Crippen molar-refractivity contribution in [3.05, 3.63) is 11.8 Å². The van der Waals surface area contributed by atoms with Gasteiger partial charge in [-0.1, -0.05) is 26.2 Å². The van der Waals surface area contributed by atoms with Gasteiger partial charge < -0.3 is 16.2 Å². The molecule has 1 fully saturated rings. The number of aliphatic hydroxyl groups is 1. The molecule has 1 aromatic heterocycles. The number of carbonyl (C=O) groups is 1. The van der Waals surface area contributed by atoms with Crippen molar-refractivity contribution in [3.8, 4) is 0 Å². The van der Waals surface area contributed by atoms with Gasteiger partial charge in [-0.2, -0.15) is 5.10 Å². The lowest BCUT2D eigenvalue weighted by Gasteiger charge is -2.30. The fourth-order valence-corrected chi connectivity index (χ4v) is 3.18. The van der Waals surface area contributed by atoms with Crippen molar-refractivity contribution in [1.82, 2.24) is 15.1 Å². The lowest BCUT2D eigenvalue weighted by Crippen LogP contribution is -2.40. The molecule has 1 aromatic rings. The van der Waals surface area contributed by atoms with Crippen LogP contribution in [0.15, 0.2) is 6.20 Å². The Morgan fingerprint density at radius 1 is 1.52 bits per heavy atom. The Labute approximate surface area is 125 Å². The SMILES string of the molecule is CCC(NC(=O)c1cnn(CCO)c1N)C1CCCCC1. The maximum absolute atomic E-state index is 12.4. The molecule has 6 heteroatoms. The standard InChI is InChI=1S/C15H26N4O2/c1-2-13(11-6-4-3-5-7-11)18-15(21)12-10-17-19(8-9-20)14(12)16/h10-11,13,20H,2-9,16H2,1H3,(H,18,21). The second-order valence-corrected chi connectivity index (χ2v) is 5.78. The number of hydrogen-bond acceptors (Lipinski definition) is 4. The fourth-order valence-electron chi connectivity index (χ4n) is 3.18. The number of amides is 1. The highest BCUT2D eigenvalue weighted by molar-refractivity contribution is 5.98. The number of carbonyl (C=O) groups excluding carboxylic acids is 1. The minimum Gasteiger partial charge on any atom is -0.394 e. The molecule has 118 valence electrons. The summed E-state index contributed by atoms with van der Waals surface area (Å²) in [6, 6.07) is 0.207. The molecule has 1 saturated carbocycles. The molecule has 21 heavy (non-hydrogen) atoms. The summed E-state index contributed by atoms with van der Waals surface area (Å²) in [6.07, 6.45) is 8.62. The van der Waals surface area contributed by atoms with Crippen LogP contribution < -0.4 is 11.1 Å². The van der Waals surface area contributed by atoms with Crippen molar-refractivity contribution in [3.63, 3.8) is 0 Å². The molecule has 0 radical (unpaired) electrons. The van der Waals surface area contributed by atoms with Crippen molar-refractivity contribution in [1.29, 1.82) is 0 Å². The summed E-state index contributed by atoms with van der Waals surface area (Å²) in [5.41, 5.74) is 6.32. The summed E-state index contributed by atoms with van der Waals surface area (Å²) >= 11 is 0. The van der Waals surface area contributed by atoms with E-state index in [1.165, 1.54) is 43.0 Å². The molecular weight excluding hydrogens is 268 g/mol. The Bertz CT molecular complexity index is 466. The predicted octanol–water partition coefficient (Wildman–Crippen LogP) is 1.55. The van der Waals surface area contributed by atoms with Gasteiger partial charge >= 0.3 is 0 Å². The van der Waals surface area contributed by atoms with Crippen molar-refractivity contribution >= 4 is 11.7 Å². The number of nitrogens with one attached hydrogen (secondary N) is 1. The van der Waals surface area contributed by atoms with E-state index in [9.17, 15) is 4.79 Å². The Hall–Kier alpha value is -1.56. The molecule has 1 atom stereocenters. The van der Waals surface area contributed by atoms with Gasteiger partial charge in [0.05, 0.1) is 19.3 Å². The molecule has 0 saturated heterocycles. The molecular formula is C15H26N4O2. The monoisotopic (exact) mass is 294 g/mol. The van der Waals surface area contributed by atoms with Gasteiger partial charge in [0.2, 0.25) is 0 Å². The van der Waals surface area contributed by atoms with Gasteiger partial charge in [0.1, 0.15) is 11.4 Å². The van der Waals surface area contributed by atoms with Gasteiger partial charge in [0.15, 0.2) is 0 Å². The Balaban J connectivity index is 2.01. The highest BCUT2D eigenvalue weighted by Crippen LogP contribution is 2.28. The number of aliphatic hydroxyl groups excluding tert-OH is 1. The third kappa shape index (κ3) is 3.75. The van der Waals surface area contributed by atoms with Crippen LogP contribution in [0.4, 0.5) is 5.82 Å². The molecule has 0 aliphatic heterocycles. The summed E-state index contributed by atoms with van der Waals surface area (Å²) in [7, 11) is 0. The first-order valence-electron chi connectivity index (χ1n) is 7.90. The number of nitrogen functional groups attached to an aromatic ring is 1. The Morgan fingerprint density at radius 2 is 2.24 bits per heavy atom. The topological polar surface area (TPSA) is 93.2 Å². The van der Waals surface area contributed by atoms with Gasteiger partial charge in [-0.3, -0.25) is 4.79 Å². The summed E-state index contributed by atoms with van der Waals surface area (Å²) in [6.45, 7) is 2.36. The molecule has 0 bridgehead atoms. The number of aromatic nitrogens is 2. The molecule has 6 nitrogen and oxygen atoms in total. The molecule has 1 aliphatic carbocycles. The van der Waals surface area contributed by atoms with Crippen LogP contribution in [0.25, 0.3) is 0 Å². The molecule has 1 amide bonds. The molecule has 2 rings (SSSR count). The van der Waals surface area contributed by atoms with E-state index in [2.05, 4.69) is 17.3 Å². The molecule has 1 aliphatic rings. The summed E-state index contributed by atoms with van der Waals surface area (Å²) < 4.78 is 1.45. The minimum absolute atomic E-state index is 0.0490. The van der Waals surface area contributed by atoms with Crippen LogP contribution in [-0.4, -0.2) is 33.4 Å². The van der Waals surface area contributed by atoms with Crippen LogP contribution in [0, 0.1) is 5.92 Å². The second kappa shape index (κ2) is 7.45. The molecule has 0 spiro atoms. The largest absolute Gasteiger partial charge is 0.394 e. The quantitative estimate of drug-likeness (QED) is 0.742. The average molecular weight is 294 g/mol. The maximum atomic E-state index is 12.4. The molecule has 1 heterocycles. The van der Waals surface area contributed by atoms with Crippen LogP contribution in [0.5, 0.6) is 0 Å². The number of rotatable bonds is 6. The zero-order valence-corrected chi connectivity index (χ0v) is 12.7. The molecule has 1 unspecified atom stereocenters. The van der Waals surface area contributed by atoms with Crippen molar-refractivity contribution in [2.24, 2.45) is 5.92 Å². The van der Waals surface area contributed by atoms with Gasteiger partial charge in [-0.25, -0.2) is 4.68 Å². The van der Waals surface area contributed by atoms with Crippen LogP contribution in [0.2, 0.25) is 0 Å². The fraction of sp³-hybridized carbons (Fsp3) is 0.733. The first kappa shape index (κ1) is 15.8. The number of hydrogen-bond donors (Lipinski definition) is 3. The third-order valence-corrected chi connectivity index (χ3v) is 4.41. The van der Waals surface area contributed by atoms with Gasteiger partial charge in [0.25, 0.3) is 5.91 Å². The Kier molecular flexibility index (Phi) is 5.61. The second-order valence-electron chi connectivity index (χ2n) is 5.78. The van der Waals surface area contributed by atoms with E-state index in [0.717, 1.165) is 6.42 Å². The highest BCUT2D eigenvalue weighted by atomic mass is 16.3. The third-order valence-electron chi connectivity index (χ3n) is 4.41. The van der Waals surface area contributed by atoms with E-state index >= 15 is 0 Å². The van der Waals surface area contributed by atoms with Crippen LogP contribution in [-0.2, 0) is 6.54 Å². The van der Waals surface area contributed by atoms with Gasteiger partial charge in [0, 0.05) is 6.04 Å². The van der Waals surface area contributed by atoms with E-state index in [1.54, 1.807) is 0 Å². The van der Waals surface area contributed by atoms with E-state index < -0.39 is 0 Å². The lowest BCUT2D eigenvalue weighted by atomic mass is 9.83. The summed E-state index contributed by atoms with van der Waals surface area (Å²) in [4.78, 5) is 12.4. The highest BCUT2D eigenvalue weighted by Gasteiger charge is 2.25. The van der Waals surface area contributed by atoms with Crippen LogP contribution in [0.1, 0.15) is 55.8 Å². The molecule has 0 aromatic carbocycles. The number of nitrogens with two attached hydrogens (primary N) is 1. The minimum atomic E-state index is -0.158. The van der Waals surface area contributed by atoms with Crippen molar-refractivity contribution < 1.29 is 9.90 Å². The van der Waals surface area contributed by atoms with E-state index in [4.69, 9.17) is 10.8 Å². The van der Waals surface area contributed by atoms with Crippen LogP contribution >= 0.6 is 0 Å². The first-order chi connectivity index (χ1) is 10.2. The first-order valence-corrected chi connectivity index (χ1v) is 7.90. The van der Waals surface area contributed by atoms with E-state index in [-0.39, 0.29) is 18.6 Å². The van der Waals surface area contributed by atoms with Crippen LogP contribution in [0.3, 0.4) is 0 Å². The average Bonchev–Trinajstić information content (AvgIpc) is 2.87. The predicted molar refractivity (Wildman–Crippen MR) is 81.8 cm³/mol. The normalized spacial score (nSPS) is 17.6. The van der Waals surface area contributed by atoms with Crippen molar-refractivity contribution in [2.75, 3.05) is 12.3 Å². The zero-order valence-electron chi connectivity index (χ0n) is 12.7. The maximum Gasteiger partial charge on any atom is 0.256 e. The molecule has 4 N–H and O–H groups in total. The zero-order chi connectivity index (χ0) is 15.2. The smallest absolute Gasteiger partial charge is 0.256 e. The number of anilines is 1. The lowest BCUT2D eigenvalue weighted by molar-refractivity contribution is 0.0912. The summed E-state index contributed by atoms with van der Waals surface area (Å²) in [5.74, 6) is 0.732. The van der Waals surface area contributed by atoms with Crippen molar-refractivity contribution in [2.45, 2.75) is 58.0 Å². The van der Waals surface area contributed by atoms with E-state index in [1.807, 2.05) is 0 Å². The van der Waals surface area contributed by atoms with E-state index in [0.29, 0.717) is 23.8 Å². The van der Waals surface area contributed by atoms with Gasteiger partial charge in [-0.15, -0.1) is 0 Å². The van der Waals surface area contributed by atoms with Gasteiger partial charge in [-0.05, 0) is 25.2 Å².